The zero-order valence-corrected chi connectivity index (χ0v) is 24.5. The standard InChI is InChI=1S/C34H41NO7/c1-32-14-13-24(36)16-22(32)11-12-25-26-17-23-19-35(31(39)21-8-4-3-5-9-21)42-34(23,33(26,2)18-27(37)30(25)32)28(38)20-41-29-10-6-7-15-40-29/h3-5,8-9,13-14,16,23,25-27,29-30,37H,6-7,10-12,15,17-20H2,1-2H3/t23-,25?,26?,27-,29?,30?,32-,33-,34-/m0/s1. The summed E-state index contributed by atoms with van der Waals surface area (Å²) in [5, 5.41) is 13.3. The molecule has 1 amide bonds. The molecule has 0 aromatic heterocycles. The molecule has 5 fully saturated rings. The Morgan fingerprint density at radius 2 is 1.95 bits per heavy atom. The first-order valence-corrected chi connectivity index (χ1v) is 15.6. The van der Waals surface area contributed by atoms with E-state index in [1.54, 1.807) is 24.3 Å². The van der Waals surface area contributed by atoms with Crippen LogP contribution in [0.4, 0.5) is 0 Å². The van der Waals surface area contributed by atoms with Crippen molar-refractivity contribution in [3.8, 4) is 0 Å². The molecule has 42 heavy (non-hydrogen) atoms. The van der Waals surface area contributed by atoms with Gasteiger partial charge in [0.15, 0.2) is 23.5 Å². The normalized spacial score (nSPS) is 42.3. The molecule has 1 N–H and O–H groups in total. The Hall–Kier alpha value is -2.65. The lowest BCUT2D eigenvalue weighted by molar-refractivity contribution is -0.239. The number of hydrogen-bond acceptors (Lipinski definition) is 7. The predicted molar refractivity (Wildman–Crippen MR) is 153 cm³/mol. The van der Waals surface area contributed by atoms with Crippen LogP contribution in [0.5, 0.6) is 0 Å². The number of ketones is 2. The molecule has 4 unspecified atom stereocenters. The van der Waals surface area contributed by atoms with Gasteiger partial charge in [-0.2, -0.15) is 0 Å². The third kappa shape index (κ3) is 4.05. The summed E-state index contributed by atoms with van der Waals surface area (Å²) in [7, 11) is 0. The van der Waals surface area contributed by atoms with Crippen LogP contribution >= 0.6 is 0 Å². The van der Waals surface area contributed by atoms with Crippen molar-refractivity contribution in [3.63, 3.8) is 0 Å². The van der Waals surface area contributed by atoms with Crippen LogP contribution in [-0.4, -0.2) is 65.4 Å². The molecule has 224 valence electrons. The Balaban J connectivity index is 1.23. The summed E-state index contributed by atoms with van der Waals surface area (Å²) >= 11 is 0. The highest BCUT2D eigenvalue weighted by Crippen LogP contribution is 2.70. The van der Waals surface area contributed by atoms with Gasteiger partial charge in [-0.3, -0.25) is 19.2 Å². The summed E-state index contributed by atoms with van der Waals surface area (Å²) < 4.78 is 11.8. The third-order valence-corrected chi connectivity index (χ3v) is 11.7. The van der Waals surface area contributed by atoms with Crippen molar-refractivity contribution in [2.75, 3.05) is 19.8 Å². The number of amides is 1. The Bertz CT molecular complexity index is 1330. The van der Waals surface area contributed by atoms with Crippen molar-refractivity contribution in [3.05, 3.63) is 59.7 Å². The smallest absolute Gasteiger partial charge is 0.277 e. The first kappa shape index (κ1) is 28.1. The average molecular weight is 576 g/mol. The SMILES string of the molecule is C[C@]12C=CC(=O)C=C1CCC1C2[C@@H](O)C[C@@]2(C)C1C[C@H]1CN(C(=O)c3ccccc3)O[C@]12C(=O)COC1CCCCO1. The fourth-order valence-corrected chi connectivity index (χ4v) is 9.83. The van der Waals surface area contributed by atoms with Crippen LogP contribution in [0.3, 0.4) is 0 Å². The van der Waals surface area contributed by atoms with Crippen LogP contribution in [-0.2, 0) is 23.9 Å². The maximum absolute atomic E-state index is 14.5. The molecular formula is C34H41NO7. The number of carbonyl (C=O) groups is 3. The van der Waals surface area contributed by atoms with E-state index in [0.717, 1.165) is 44.1 Å². The highest BCUT2D eigenvalue weighted by molar-refractivity contribution is 6.01. The summed E-state index contributed by atoms with van der Waals surface area (Å²) in [6, 6.07) is 9.01. The lowest BCUT2D eigenvalue weighted by Crippen LogP contribution is -2.63. The maximum Gasteiger partial charge on any atom is 0.277 e. The van der Waals surface area contributed by atoms with E-state index in [9.17, 15) is 19.5 Å². The number of fused-ring (bicyclic) bond motifs is 7. The van der Waals surface area contributed by atoms with Gasteiger partial charge in [0.25, 0.3) is 5.91 Å². The minimum atomic E-state index is -1.29. The fraction of sp³-hybridized carbons (Fsp3) is 0.618. The summed E-state index contributed by atoms with van der Waals surface area (Å²) in [4.78, 5) is 46.9. The van der Waals surface area contributed by atoms with Gasteiger partial charge in [-0.25, -0.2) is 5.06 Å². The van der Waals surface area contributed by atoms with Gasteiger partial charge in [0.05, 0.1) is 12.6 Å². The number of allylic oxidation sites excluding steroid dienone is 4. The zero-order chi connectivity index (χ0) is 29.3. The number of benzene rings is 1. The summed E-state index contributed by atoms with van der Waals surface area (Å²) in [6.45, 7) is 5.02. The molecule has 4 aliphatic carbocycles. The average Bonchev–Trinajstić information content (AvgIpc) is 3.50. The third-order valence-electron chi connectivity index (χ3n) is 11.7. The van der Waals surface area contributed by atoms with Gasteiger partial charge >= 0.3 is 0 Å². The number of hydrogen-bond donors (Lipinski definition) is 1. The fourth-order valence-electron chi connectivity index (χ4n) is 9.83. The van der Waals surface area contributed by atoms with E-state index in [1.807, 2.05) is 24.3 Å². The zero-order valence-electron chi connectivity index (χ0n) is 24.5. The van der Waals surface area contributed by atoms with Crippen LogP contribution in [0.2, 0.25) is 0 Å². The molecule has 6 aliphatic rings. The molecular weight excluding hydrogens is 534 g/mol. The van der Waals surface area contributed by atoms with Crippen molar-refractivity contribution in [1.29, 1.82) is 0 Å². The molecule has 0 spiro atoms. The Labute approximate surface area is 247 Å². The molecule has 0 radical (unpaired) electrons. The molecule has 2 aliphatic heterocycles. The van der Waals surface area contributed by atoms with Gasteiger partial charge in [0.2, 0.25) is 0 Å². The van der Waals surface area contributed by atoms with E-state index in [1.165, 1.54) is 5.06 Å². The quantitative estimate of drug-likeness (QED) is 0.554. The number of ether oxygens (including phenoxy) is 2. The van der Waals surface area contributed by atoms with Crippen molar-refractivity contribution in [2.45, 2.75) is 76.8 Å². The minimum Gasteiger partial charge on any atom is -0.393 e. The van der Waals surface area contributed by atoms with E-state index >= 15 is 0 Å². The Kier molecular flexibility index (Phi) is 6.85. The molecule has 8 nitrogen and oxygen atoms in total. The Morgan fingerprint density at radius 3 is 2.71 bits per heavy atom. The van der Waals surface area contributed by atoms with E-state index < -0.39 is 28.8 Å². The highest BCUT2D eigenvalue weighted by atomic mass is 16.7. The van der Waals surface area contributed by atoms with Crippen molar-refractivity contribution >= 4 is 17.5 Å². The van der Waals surface area contributed by atoms with Gasteiger partial charge in [-0.05, 0) is 81.1 Å². The molecule has 9 atom stereocenters. The van der Waals surface area contributed by atoms with Gasteiger partial charge in [0.1, 0.15) is 6.61 Å². The minimum absolute atomic E-state index is 0.00882. The van der Waals surface area contributed by atoms with Gasteiger partial charge in [-0.1, -0.05) is 43.7 Å². The number of nitrogens with zero attached hydrogens (tertiary/aromatic N) is 1. The lowest BCUT2D eigenvalue weighted by Gasteiger charge is -2.59. The molecule has 7 rings (SSSR count). The number of Topliss-reactive ketones (excluding diaryl/α,β-unsaturated/α-hetero) is 1. The molecule has 3 saturated carbocycles. The van der Waals surface area contributed by atoms with Gasteiger partial charge < -0.3 is 14.6 Å². The largest absolute Gasteiger partial charge is 0.393 e. The van der Waals surface area contributed by atoms with E-state index in [4.69, 9.17) is 14.3 Å². The van der Waals surface area contributed by atoms with E-state index in [-0.39, 0.29) is 47.8 Å². The summed E-state index contributed by atoms with van der Waals surface area (Å²) in [6.07, 6.45) is 9.74. The lowest BCUT2D eigenvalue weighted by atomic mass is 9.46. The topological polar surface area (TPSA) is 102 Å². The second-order valence-corrected chi connectivity index (χ2v) is 13.7. The van der Waals surface area contributed by atoms with E-state index in [2.05, 4.69) is 13.8 Å². The van der Waals surface area contributed by atoms with Crippen LogP contribution in [0.15, 0.2) is 54.1 Å². The van der Waals surface area contributed by atoms with Crippen molar-refractivity contribution in [2.24, 2.45) is 34.5 Å². The summed E-state index contributed by atoms with van der Waals surface area (Å²) in [5.41, 5.74) is -0.790. The molecule has 1 aromatic rings. The molecule has 1 aromatic carbocycles. The van der Waals surface area contributed by atoms with Crippen LogP contribution < -0.4 is 0 Å². The molecule has 0 bridgehead atoms. The molecule has 2 heterocycles. The monoisotopic (exact) mass is 575 g/mol. The first-order chi connectivity index (χ1) is 20.2. The number of hydroxylamine groups is 2. The maximum atomic E-state index is 14.5. The van der Waals surface area contributed by atoms with Crippen LogP contribution in [0.25, 0.3) is 0 Å². The first-order valence-electron chi connectivity index (χ1n) is 15.6. The Morgan fingerprint density at radius 1 is 1.14 bits per heavy atom. The second kappa shape index (κ2) is 10.2. The summed E-state index contributed by atoms with van der Waals surface area (Å²) in [5.74, 6) is -0.439. The number of aliphatic hydroxyl groups excluding tert-OH is 1. The second-order valence-electron chi connectivity index (χ2n) is 13.7. The molecule has 2 saturated heterocycles. The number of rotatable bonds is 5. The van der Waals surface area contributed by atoms with Crippen LogP contribution in [0.1, 0.15) is 69.2 Å². The van der Waals surface area contributed by atoms with E-state index in [0.29, 0.717) is 25.1 Å². The predicted octanol–water partition coefficient (Wildman–Crippen LogP) is 4.43. The highest BCUT2D eigenvalue weighted by Gasteiger charge is 2.75. The van der Waals surface area contributed by atoms with Crippen molar-refractivity contribution < 1.29 is 33.8 Å². The van der Waals surface area contributed by atoms with Gasteiger partial charge in [0, 0.05) is 34.8 Å². The number of carbonyl (C=O) groups excluding carboxylic acids is 3. The molecule has 8 heteroatoms. The van der Waals surface area contributed by atoms with Crippen LogP contribution in [0, 0.1) is 34.5 Å². The number of aliphatic hydroxyl groups is 1. The van der Waals surface area contributed by atoms with Gasteiger partial charge in [-0.15, -0.1) is 0 Å². The van der Waals surface area contributed by atoms with Crippen molar-refractivity contribution in [1.82, 2.24) is 5.06 Å².